The summed E-state index contributed by atoms with van der Waals surface area (Å²) in [6.07, 6.45) is 1.62. The van der Waals surface area contributed by atoms with Crippen molar-refractivity contribution in [2.45, 2.75) is 5.03 Å². The van der Waals surface area contributed by atoms with E-state index in [0.29, 0.717) is 5.03 Å². The van der Waals surface area contributed by atoms with Crippen LogP contribution in [0.5, 0.6) is 0 Å². The third-order valence-electron chi connectivity index (χ3n) is 2.62. The SMILES string of the molecule is O=C(CSc1ccccn1)NNC(=O)c1cccc([N+](=O)[O-])c1. The molecule has 0 spiro atoms. The smallest absolute Gasteiger partial charge is 0.270 e. The molecule has 0 bridgehead atoms. The predicted octanol–water partition coefficient (Wildman–Crippen LogP) is 1.54. The maximum Gasteiger partial charge on any atom is 0.270 e. The Morgan fingerprint density at radius 2 is 2.00 bits per heavy atom. The van der Waals surface area contributed by atoms with Crippen LogP contribution in [0.4, 0.5) is 5.69 Å². The van der Waals surface area contributed by atoms with Crippen molar-refractivity contribution in [3.8, 4) is 0 Å². The minimum Gasteiger partial charge on any atom is -0.272 e. The third-order valence-corrected chi connectivity index (χ3v) is 3.57. The number of nitrogens with one attached hydrogen (secondary N) is 2. The van der Waals surface area contributed by atoms with E-state index in [-0.39, 0.29) is 17.0 Å². The number of rotatable bonds is 5. The van der Waals surface area contributed by atoms with Crippen LogP contribution in [0.15, 0.2) is 53.7 Å². The fourth-order valence-corrected chi connectivity index (χ4v) is 2.23. The second kappa shape index (κ2) is 7.90. The summed E-state index contributed by atoms with van der Waals surface area (Å²) in [6.45, 7) is 0. The van der Waals surface area contributed by atoms with Crippen LogP contribution in [0.25, 0.3) is 0 Å². The number of carbonyl (C=O) groups is 2. The van der Waals surface area contributed by atoms with Crippen LogP contribution in [-0.4, -0.2) is 27.5 Å². The summed E-state index contributed by atoms with van der Waals surface area (Å²) in [5.41, 5.74) is 4.33. The van der Waals surface area contributed by atoms with E-state index in [9.17, 15) is 19.7 Å². The molecule has 2 aromatic rings. The Balaban J connectivity index is 1.83. The first-order chi connectivity index (χ1) is 11.1. The highest BCUT2D eigenvalue weighted by atomic mass is 32.2. The molecule has 2 amide bonds. The highest BCUT2D eigenvalue weighted by Gasteiger charge is 2.12. The second-order valence-electron chi connectivity index (χ2n) is 4.27. The lowest BCUT2D eigenvalue weighted by Gasteiger charge is -2.07. The van der Waals surface area contributed by atoms with Gasteiger partial charge in [0, 0.05) is 23.9 Å². The summed E-state index contributed by atoms with van der Waals surface area (Å²) >= 11 is 1.22. The van der Waals surface area contributed by atoms with Crippen LogP contribution in [0.2, 0.25) is 0 Å². The van der Waals surface area contributed by atoms with Crippen LogP contribution in [0.1, 0.15) is 10.4 Å². The van der Waals surface area contributed by atoms with Gasteiger partial charge in [-0.05, 0) is 18.2 Å². The molecule has 23 heavy (non-hydrogen) atoms. The van der Waals surface area contributed by atoms with Gasteiger partial charge in [-0.2, -0.15) is 0 Å². The Hall–Kier alpha value is -2.94. The normalized spacial score (nSPS) is 9.91. The maximum atomic E-state index is 11.8. The number of hydrogen-bond acceptors (Lipinski definition) is 6. The molecule has 1 aromatic carbocycles. The average Bonchev–Trinajstić information content (AvgIpc) is 2.58. The van der Waals surface area contributed by atoms with Crippen LogP contribution in [-0.2, 0) is 4.79 Å². The zero-order chi connectivity index (χ0) is 16.7. The van der Waals surface area contributed by atoms with Crippen molar-refractivity contribution in [3.63, 3.8) is 0 Å². The van der Waals surface area contributed by atoms with Gasteiger partial charge in [-0.25, -0.2) is 4.98 Å². The van der Waals surface area contributed by atoms with Crippen molar-refractivity contribution in [1.82, 2.24) is 15.8 Å². The largest absolute Gasteiger partial charge is 0.272 e. The van der Waals surface area contributed by atoms with Crippen LogP contribution in [0, 0.1) is 10.1 Å². The summed E-state index contributed by atoms with van der Waals surface area (Å²) < 4.78 is 0. The second-order valence-corrected chi connectivity index (χ2v) is 5.26. The Labute approximate surface area is 135 Å². The number of nitrogens with zero attached hydrogens (tertiary/aromatic N) is 2. The highest BCUT2D eigenvalue weighted by molar-refractivity contribution is 7.99. The summed E-state index contributed by atoms with van der Waals surface area (Å²) in [5, 5.41) is 11.3. The van der Waals surface area contributed by atoms with Crippen molar-refractivity contribution < 1.29 is 14.5 Å². The van der Waals surface area contributed by atoms with E-state index in [4.69, 9.17) is 0 Å². The van der Waals surface area contributed by atoms with Gasteiger partial charge in [-0.3, -0.25) is 30.6 Å². The topological polar surface area (TPSA) is 114 Å². The number of non-ortho nitro benzene ring substituents is 1. The van der Waals surface area contributed by atoms with Crippen LogP contribution in [0.3, 0.4) is 0 Å². The van der Waals surface area contributed by atoms with E-state index in [1.807, 2.05) is 0 Å². The first-order valence-corrected chi connectivity index (χ1v) is 7.42. The van der Waals surface area contributed by atoms with Gasteiger partial charge in [-0.15, -0.1) is 0 Å². The minimum absolute atomic E-state index is 0.0756. The van der Waals surface area contributed by atoms with Gasteiger partial charge >= 0.3 is 0 Å². The van der Waals surface area contributed by atoms with E-state index in [1.54, 1.807) is 24.4 Å². The van der Waals surface area contributed by atoms with Crippen LogP contribution < -0.4 is 10.9 Å². The van der Waals surface area contributed by atoms with Crippen molar-refractivity contribution in [3.05, 3.63) is 64.3 Å². The Kier molecular flexibility index (Phi) is 5.64. The molecule has 0 aliphatic rings. The van der Waals surface area contributed by atoms with Crippen molar-refractivity contribution in [2.75, 3.05) is 5.75 Å². The lowest BCUT2D eigenvalue weighted by molar-refractivity contribution is -0.384. The number of hydrogen-bond donors (Lipinski definition) is 2. The molecule has 0 atom stereocenters. The summed E-state index contributed by atoms with van der Waals surface area (Å²) in [4.78, 5) is 37.6. The summed E-state index contributed by atoms with van der Waals surface area (Å²) in [6, 6.07) is 10.5. The number of aromatic nitrogens is 1. The molecule has 0 radical (unpaired) electrons. The number of nitro groups is 1. The molecule has 2 N–H and O–H groups in total. The molecular weight excluding hydrogens is 320 g/mol. The number of thioether (sulfide) groups is 1. The number of pyridine rings is 1. The quantitative estimate of drug-likeness (QED) is 0.488. The first kappa shape index (κ1) is 16.4. The molecule has 8 nitrogen and oxygen atoms in total. The van der Waals surface area contributed by atoms with E-state index in [1.165, 1.54) is 30.0 Å². The fraction of sp³-hybridized carbons (Fsp3) is 0.0714. The Bertz CT molecular complexity index is 724. The molecule has 0 fully saturated rings. The minimum atomic E-state index is -0.634. The highest BCUT2D eigenvalue weighted by Crippen LogP contribution is 2.13. The fourth-order valence-electron chi connectivity index (χ4n) is 1.57. The molecule has 0 aliphatic carbocycles. The molecule has 1 aromatic heterocycles. The molecule has 9 heteroatoms. The van der Waals surface area contributed by atoms with Gasteiger partial charge in [0.15, 0.2) is 0 Å². The lowest BCUT2D eigenvalue weighted by atomic mass is 10.2. The van der Waals surface area contributed by atoms with Gasteiger partial charge < -0.3 is 0 Å². The van der Waals surface area contributed by atoms with E-state index in [0.717, 1.165) is 6.07 Å². The maximum absolute atomic E-state index is 11.8. The van der Waals surface area contributed by atoms with Gasteiger partial charge in [0.05, 0.1) is 15.7 Å². The van der Waals surface area contributed by atoms with Gasteiger partial charge in [0.1, 0.15) is 0 Å². The van der Waals surface area contributed by atoms with Gasteiger partial charge in [0.25, 0.3) is 11.6 Å². The predicted molar refractivity (Wildman–Crippen MR) is 83.7 cm³/mol. The lowest BCUT2D eigenvalue weighted by Crippen LogP contribution is -2.42. The molecule has 0 saturated heterocycles. The molecule has 0 aliphatic heterocycles. The standard InChI is InChI=1S/C14H12N4O4S/c19-12(9-23-13-6-1-2-7-15-13)16-17-14(20)10-4-3-5-11(8-10)18(21)22/h1-8H,9H2,(H,16,19)(H,17,20). The number of benzene rings is 1. The average molecular weight is 332 g/mol. The molecule has 118 valence electrons. The first-order valence-electron chi connectivity index (χ1n) is 6.44. The molecule has 2 rings (SSSR count). The summed E-state index contributed by atoms with van der Waals surface area (Å²) in [5.74, 6) is -0.976. The van der Waals surface area contributed by atoms with Crippen molar-refractivity contribution in [2.24, 2.45) is 0 Å². The van der Waals surface area contributed by atoms with Crippen molar-refractivity contribution in [1.29, 1.82) is 0 Å². The van der Waals surface area contributed by atoms with E-state index < -0.39 is 16.7 Å². The van der Waals surface area contributed by atoms with E-state index in [2.05, 4.69) is 15.8 Å². The number of carbonyl (C=O) groups excluding carboxylic acids is 2. The van der Waals surface area contributed by atoms with E-state index >= 15 is 0 Å². The third kappa shape index (κ3) is 5.08. The van der Waals surface area contributed by atoms with Gasteiger partial charge in [-0.1, -0.05) is 23.9 Å². The van der Waals surface area contributed by atoms with Crippen LogP contribution >= 0.6 is 11.8 Å². The van der Waals surface area contributed by atoms with Gasteiger partial charge in [0.2, 0.25) is 5.91 Å². The molecular formula is C14H12N4O4S. The summed E-state index contributed by atoms with van der Waals surface area (Å²) in [7, 11) is 0. The Morgan fingerprint density at radius 1 is 1.17 bits per heavy atom. The Morgan fingerprint density at radius 3 is 2.70 bits per heavy atom. The van der Waals surface area contributed by atoms with Crippen molar-refractivity contribution >= 4 is 29.3 Å². The molecule has 1 heterocycles. The number of amides is 2. The number of hydrazine groups is 1. The monoisotopic (exact) mass is 332 g/mol. The molecule has 0 unspecified atom stereocenters. The zero-order valence-electron chi connectivity index (χ0n) is 11.8. The molecule has 0 saturated carbocycles. The zero-order valence-corrected chi connectivity index (χ0v) is 12.6. The number of nitro benzene ring substituents is 1.